The van der Waals surface area contributed by atoms with Gasteiger partial charge in [0.25, 0.3) is 5.91 Å². The van der Waals surface area contributed by atoms with Crippen LogP contribution in [0.25, 0.3) is 0 Å². The van der Waals surface area contributed by atoms with E-state index in [2.05, 4.69) is 26.1 Å². The van der Waals surface area contributed by atoms with Gasteiger partial charge in [0.05, 0.1) is 0 Å². The highest BCUT2D eigenvalue weighted by molar-refractivity contribution is 5.96. The van der Waals surface area contributed by atoms with Crippen LogP contribution in [0.3, 0.4) is 0 Å². The molecular weight excluding hydrogens is 364 g/mol. The fourth-order valence-electron chi connectivity index (χ4n) is 6.12. The van der Waals surface area contributed by atoms with Gasteiger partial charge in [-0.2, -0.15) is 0 Å². The van der Waals surface area contributed by atoms with Crippen molar-refractivity contribution < 1.29 is 4.79 Å². The Morgan fingerprint density at radius 1 is 1.03 bits per heavy atom. The van der Waals surface area contributed by atoms with Crippen LogP contribution >= 0.6 is 0 Å². The SMILES string of the molecule is Cc1ccccc1C(=O)NNc1ncnc(NC23CC4CC(CC(C4)C2)C3)c1N. The number of aryl methyl sites for hydroxylation is 1. The summed E-state index contributed by atoms with van der Waals surface area (Å²) in [5, 5.41) is 3.69. The van der Waals surface area contributed by atoms with Crippen molar-refractivity contribution in [2.75, 3.05) is 16.5 Å². The Bertz CT molecular complexity index is 907. The molecule has 0 aliphatic heterocycles. The van der Waals surface area contributed by atoms with Gasteiger partial charge in [0, 0.05) is 11.1 Å². The van der Waals surface area contributed by atoms with E-state index < -0.39 is 0 Å². The predicted octanol–water partition coefficient (Wildman–Crippen LogP) is 3.50. The van der Waals surface area contributed by atoms with Crippen molar-refractivity contribution in [3.8, 4) is 0 Å². The van der Waals surface area contributed by atoms with Gasteiger partial charge in [-0.25, -0.2) is 9.97 Å². The van der Waals surface area contributed by atoms with E-state index in [1.54, 1.807) is 6.07 Å². The molecule has 0 spiro atoms. The standard InChI is InChI=1S/C22H28N6O/c1-13-4-2-3-5-17(13)21(29)28-27-20-18(23)19(24-12-25-20)26-22-9-14-6-15(10-22)8-16(7-14)11-22/h2-5,12,14-16H,6-11,23H2,1H3,(H,28,29)(H2,24,25,26,27). The number of carbonyl (C=O) groups is 1. The van der Waals surface area contributed by atoms with E-state index in [1.807, 2.05) is 25.1 Å². The normalized spacial score (nSPS) is 29.5. The molecule has 5 N–H and O–H groups in total. The molecule has 0 saturated heterocycles. The van der Waals surface area contributed by atoms with Gasteiger partial charge in [0.2, 0.25) is 0 Å². The van der Waals surface area contributed by atoms with Crippen LogP contribution in [0, 0.1) is 24.7 Å². The van der Waals surface area contributed by atoms with Crippen molar-refractivity contribution in [1.29, 1.82) is 0 Å². The third-order valence-electron chi connectivity index (χ3n) is 6.99. The molecule has 7 nitrogen and oxygen atoms in total. The molecule has 1 amide bonds. The number of anilines is 3. The topological polar surface area (TPSA) is 105 Å². The van der Waals surface area contributed by atoms with Crippen LogP contribution in [-0.4, -0.2) is 21.4 Å². The highest BCUT2D eigenvalue weighted by Gasteiger charge is 2.51. The van der Waals surface area contributed by atoms with E-state index in [4.69, 9.17) is 5.73 Å². The maximum atomic E-state index is 12.5. The van der Waals surface area contributed by atoms with Crippen molar-refractivity contribution in [1.82, 2.24) is 15.4 Å². The first-order chi connectivity index (χ1) is 14.0. The number of nitrogens with two attached hydrogens (primary N) is 1. The third kappa shape index (κ3) is 3.39. The van der Waals surface area contributed by atoms with Crippen LogP contribution in [-0.2, 0) is 0 Å². The van der Waals surface area contributed by atoms with Crippen molar-refractivity contribution >= 4 is 23.2 Å². The fourth-order valence-corrected chi connectivity index (χ4v) is 6.12. The van der Waals surface area contributed by atoms with Crippen molar-refractivity contribution in [3.63, 3.8) is 0 Å². The summed E-state index contributed by atoms with van der Waals surface area (Å²) >= 11 is 0. The molecule has 4 bridgehead atoms. The molecule has 7 heteroatoms. The highest BCUT2D eigenvalue weighted by Crippen LogP contribution is 2.56. The minimum Gasteiger partial charge on any atom is -0.393 e. The molecule has 1 heterocycles. The number of hydrogen-bond acceptors (Lipinski definition) is 6. The van der Waals surface area contributed by atoms with Crippen molar-refractivity contribution in [3.05, 3.63) is 41.7 Å². The van der Waals surface area contributed by atoms with Crippen LogP contribution in [0.15, 0.2) is 30.6 Å². The average Bonchev–Trinajstić information content (AvgIpc) is 2.67. The molecule has 6 rings (SSSR count). The van der Waals surface area contributed by atoms with Crippen molar-refractivity contribution in [2.24, 2.45) is 17.8 Å². The summed E-state index contributed by atoms with van der Waals surface area (Å²) < 4.78 is 0. The summed E-state index contributed by atoms with van der Waals surface area (Å²) in [4.78, 5) is 21.1. The number of rotatable bonds is 5. The second-order valence-electron chi connectivity index (χ2n) is 9.20. The zero-order valence-electron chi connectivity index (χ0n) is 16.7. The average molecular weight is 393 g/mol. The lowest BCUT2D eigenvalue weighted by Crippen LogP contribution is -2.55. The Kier molecular flexibility index (Phi) is 4.33. The van der Waals surface area contributed by atoms with Gasteiger partial charge in [-0.05, 0) is 74.8 Å². The summed E-state index contributed by atoms with van der Waals surface area (Å²) in [5.74, 6) is 3.36. The molecule has 0 atom stereocenters. The molecule has 152 valence electrons. The zero-order chi connectivity index (χ0) is 20.0. The lowest BCUT2D eigenvalue weighted by Gasteiger charge is -2.57. The third-order valence-corrected chi connectivity index (χ3v) is 6.99. The number of nitrogens with one attached hydrogen (secondary N) is 3. The van der Waals surface area contributed by atoms with E-state index in [1.165, 1.54) is 44.9 Å². The van der Waals surface area contributed by atoms with Crippen molar-refractivity contribution in [2.45, 2.75) is 51.0 Å². The largest absolute Gasteiger partial charge is 0.393 e. The van der Waals surface area contributed by atoms with Gasteiger partial charge in [-0.3, -0.25) is 15.6 Å². The zero-order valence-corrected chi connectivity index (χ0v) is 16.7. The van der Waals surface area contributed by atoms with E-state index in [9.17, 15) is 4.79 Å². The molecule has 29 heavy (non-hydrogen) atoms. The molecule has 4 fully saturated rings. The summed E-state index contributed by atoms with van der Waals surface area (Å²) in [7, 11) is 0. The lowest BCUT2D eigenvalue weighted by molar-refractivity contribution is 0.0106. The summed E-state index contributed by atoms with van der Waals surface area (Å²) in [5.41, 5.74) is 14.0. The van der Waals surface area contributed by atoms with Crippen LogP contribution < -0.4 is 21.9 Å². The molecule has 4 aliphatic carbocycles. The first-order valence-corrected chi connectivity index (χ1v) is 10.5. The quantitative estimate of drug-likeness (QED) is 0.581. The Balaban J connectivity index is 1.30. The summed E-state index contributed by atoms with van der Waals surface area (Å²) in [6.45, 7) is 1.90. The summed E-state index contributed by atoms with van der Waals surface area (Å²) in [6, 6.07) is 7.44. The molecular formula is C22H28N6O. The number of carbonyl (C=O) groups excluding carboxylic acids is 1. The molecule has 2 aromatic rings. The predicted molar refractivity (Wildman–Crippen MR) is 113 cm³/mol. The van der Waals surface area contributed by atoms with E-state index in [0.29, 0.717) is 22.9 Å². The smallest absolute Gasteiger partial charge is 0.269 e. The first-order valence-electron chi connectivity index (χ1n) is 10.5. The molecule has 4 saturated carbocycles. The second kappa shape index (κ2) is 6.90. The monoisotopic (exact) mass is 392 g/mol. The first kappa shape index (κ1) is 18.2. The van der Waals surface area contributed by atoms with Crippen LogP contribution in [0.2, 0.25) is 0 Å². The maximum absolute atomic E-state index is 12.5. The van der Waals surface area contributed by atoms with E-state index in [0.717, 1.165) is 23.3 Å². The summed E-state index contributed by atoms with van der Waals surface area (Å²) in [6.07, 6.45) is 9.26. The molecule has 1 aromatic carbocycles. The Labute approximate surface area is 170 Å². The fraction of sp³-hybridized carbons (Fsp3) is 0.500. The number of amides is 1. The number of nitrogen functional groups attached to an aromatic ring is 1. The minimum absolute atomic E-state index is 0.110. The number of hydrogen-bond donors (Lipinski definition) is 4. The second-order valence-corrected chi connectivity index (χ2v) is 9.20. The number of aromatic nitrogens is 2. The van der Waals surface area contributed by atoms with Gasteiger partial charge in [-0.1, -0.05) is 18.2 Å². The van der Waals surface area contributed by atoms with Gasteiger partial charge < -0.3 is 11.1 Å². The number of hydrazine groups is 1. The van der Waals surface area contributed by atoms with Crippen LogP contribution in [0.1, 0.15) is 54.4 Å². The molecule has 0 unspecified atom stereocenters. The van der Waals surface area contributed by atoms with Gasteiger partial charge >= 0.3 is 0 Å². The van der Waals surface area contributed by atoms with Gasteiger partial charge in [-0.15, -0.1) is 0 Å². The van der Waals surface area contributed by atoms with E-state index in [-0.39, 0.29) is 11.4 Å². The minimum atomic E-state index is -0.225. The van der Waals surface area contributed by atoms with Crippen LogP contribution in [0.4, 0.5) is 17.3 Å². The van der Waals surface area contributed by atoms with E-state index >= 15 is 0 Å². The highest BCUT2D eigenvalue weighted by atomic mass is 16.2. The van der Waals surface area contributed by atoms with Crippen LogP contribution in [0.5, 0.6) is 0 Å². The molecule has 0 radical (unpaired) electrons. The Morgan fingerprint density at radius 2 is 1.66 bits per heavy atom. The Hall–Kier alpha value is -2.83. The lowest BCUT2D eigenvalue weighted by atomic mass is 9.53. The van der Waals surface area contributed by atoms with Gasteiger partial charge in [0.15, 0.2) is 11.6 Å². The maximum Gasteiger partial charge on any atom is 0.269 e. The molecule has 1 aromatic heterocycles. The Morgan fingerprint density at radius 3 is 2.31 bits per heavy atom. The molecule has 4 aliphatic rings. The van der Waals surface area contributed by atoms with Gasteiger partial charge in [0.1, 0.15) is 12.0 Å². The number of nitrogens with zero attached hydrogens (tertiary/aromatic N) is 2. The number of benzene rings is 1.